The van der Waals surface area contributed by atoms with Gasteiger partial charge in [0.15, 0.2) is 12.6 Å². The van der Waals surface area contributed by atoms with Gasteiger partial charge in [0.1, 0.15) is 24.4 Å². The molecule has 2 heterocycles. The van der Waals surface area contributed by atoms with E-state index in [1.807, 2.05) is 72.8 Å². The smallest absolute Gasteiger partial charge is 0.186 e. The first kappa shape index (κ1) is 25.2. The quantitative estimate of drug-likeness (QED) is 0.298. The number of rotatable bonds is 8. The van der Waals surface area contributed by atoms with Gasteiger partial charge >= 0.3 is 0 Å². The highest BCUT2D eigenvalue weighted by Crippen LogP contribution is 2.37. The van der Waals surface area contributed by atoms with Gasteiger partial charge in [-0.2, -0.15) is 0 Å². The maximum Gasteiger partial charge on any atom is 0.186 e. The fourth-order valence-electron chi connectivity index (χ4n) is 5.16. The van der Waals surface area contributed by atoms with Gasteiger partial charge < -0.3 is 28.4 Å². The van der Waals surface area contributed by atoms with Gasteiger partial charge in [0.05, 0.1) is 19.8 Å². The predicted molar refractivity (Wildman–Crippen MR) is 143 cm³/mol. The second-order valence-corrected chi connectivity index (χ2v) is 9.67. The lowest BCUT2D eigenvalue weighted by Crippen LogP contribution is -2.63. The van der Waals surface area contributed by atoms with Crippen LogP contribution in [0.5, 0.6) is 0 Å². The summed E-state index contributed by atoms with van der Waals surface area (Å²) in [6.45, 7) is 1.18. The van der Waals surface area contributed by atoms with Gasteiger partial charge in [-0.1, -0.05) is 97.1 Å². The molecule has 4 aromatic rings. The second-order valence-electron chi connectivity index (χ2n) is 9.67. The largest absolute Gasteiger partial charge is 0.368 e. The molecular formula is C32H32O6. The van der Waals surface area contributed by atoms with E-state index >= 15 is 0 Å². The van der Waals surface area contributed by atoms with Gasteiger partial charge in [-0.15, -0.1) is 0 Å². The summed E-state index contributed by atoms with van der Waals surface area (Å²) >= 11 is 0. The molecule has 4 aromatic carbocycles. The van der Waals surface area contributed by atoms with Gasteiger partial charge in [0.25, 0.3) is 0 Å². The van der Waals surface area contributed by atoms with Crippen molar-refractivity contribution >= 4 is 10.8 Å². The first-order valence-electron chi connectivity index (χ1n) is 13.0. The van der Waals surface area contributed by atoms with E-state index in [0.29, 0.717) is 19.8 Å². The molecule has 196 valence electrons. The Bertz CT molecular complexity index is 1310. The number of methoxy groups -OCH3 is 1. The van der Waals surface area contributed by atoms with E-state index in [1.165, 1.54) is 5.39 Å². The Labute approximate surface area is 223 Å². The number of benzene rings is 4. The molecule has 38 heavy (non-hydrogen) atoms. The van der Waals surface area contributed by atoms with Crippen molar-refractivity contribution in [1.29, 1.82) is 0 Å². The van der Waals surface area contributed by atoms with E-state index in [-0.39, 0.29) is 6.10 Å². The first-order valence-corrected chi connectivity index (χ1v) is 13.0. The molecule has 0 saturated carbocycles. The van der Waals surface area contributed by atoms with Gasteiger partial charge in [-0.3, -0.25) is 0 Å². The van der Waals surface area contributed by atoms with Crippen molar-refractivity contribution in [3.8, 4) is 0 Å². The average molecular weight is 513 g/mol. The molecule has 2 aliphatic rings. The highest BCUT2D eigenvalue weighted by Gasteiger charge is 2.51. The fourth-order valence-corrected chi connectivity index (χ4v) is 5.16. The molecule has 2 aliphatic heterocycles. The van der Waals surface area contributed by atoms with Crippen LogP contribution < -0.4 is 0 Å². The third-order valence-electron chi connectivity index (χ3n) is 7.13. The minimum Gasteiger partial charge on any atom is -0.368 e. The van der Waals surface area contributed by atoms with E-state index in [4.69, 9.17) is 28.4 Å². The summed E-state index contributed by atoms with van der Waals surface area (Å²) in [5, 5.41) is 2.31. The molecule has 2 fully saturated rings. The Morgan fingerprint density at radius 1 is 0.684 bits per heavy atom. The van der Waals surface area contributed by atoms with E-state index in [9.17, 15) is 0 Å². The minimum absolute atomic E-state index is 0.353. The van der Waals surface area contributed by atoms with Crippen LogP contribution in [0.15, 0.2) is 103 Å². The lowest BCUT2D eigenvalue weighted by atomic mass is 9.96. The molecule has 0 aromatic heterocycles. The zero-order chi connectivity index (χ0) is 25.7. The van der Waals surface area contributed by atoms with Crippen molar-refractivity contribution in [2.75, 3.05) is 13.7 Å². The van der Waals surface area contributed by atoms with Gasteiger partial charge in [0, 0.05) is 12.7 Å². The van der Waals surface area contributed by atoms with Crippen LogP contribution in [-0.4, -0.2) is 44.4 Å². The predicted octanol–water partition coefficient (Wildman–Crippen LogP) is 5.80. The minimum atomic E-state index is -0.620. The first-order chi connectivity index (χ1) is 18.8. The molecule has 6 atom stereocenters. The van der Waals surface area contributed by atoms with E-state index in [2.05, 4.69) is 30.3 Å². The topological polar surface area (TPSA) is 55.4 Å². The molecule has 6 rings (SSSR count). The maximum atomic E-state index is 6.59. The molecule has 1 unspecified atom stereocenters. The van der Waals surface area contributed by atoms with Crippen molar-refractivity contribution in [2.24, 2.45) is 0 Å². The van der Waals surface area contributed by atoms with Crippen molar-refractivity contribution in [3.63, 3.8) is 0 Å². The second kappa shape index (κ2) is 11.7. The van der Waals surface area contributed by atoms with Crippen LogP contribution in [0, 0.1) is 0 Å². The fraction of sp³-hybridized carbons (Fsp3) is 0.312. The summed E-state index contributed by atoms with van der Waals surface area (Å²) in [5.74, 6) is 0. The van der Waals surface area contributed by atoms with Crippen LogP contribution in [-0.2, 0) is 41.6 Å². The Kier molecular flexibility index (Phi) is 7.79. The Balaban J connectivity index is 1.27. The maximum absolute atomic E-state index is 6.59. The SMILES string of the molecule is CO[C@H]1O[C@@H]2COC(c3ccc4ccccc4c3)O[C@@H]2[C@H](OCc2ccccc2)[C@H]1OCc1ccccc1. The van der Waals surface area contributed by atoms with Crippen LogP contribution in [0.25, 0.3) is 10.8 Å². The van der Waals surface area contributed by atoms with Crippen molar-refractivity contribution in [1.82, 2.24) is 0 Å². The van der Waals surface area contributed by atoms with E-state index in [0.717, 1.165) is 22.1 Å². The highest BCUT2D eigenvalue weighted by molar-refractivity contribution is 5.83. The number of hydrogen-bond acceptors (Lipinski definition) is 6. The zero-order valence-electron chi connectivity index (χ0n) is 21.3. The lowest BCUT2D eigenvalue weighted by molar-refractivity contribution is -0.369. The van der Waals surface area contributed by atoms with Crippen LogP contribution in [0.3, 0.4) is 0 Å². The Hall–Kier alpha value is -3.10. The van der Waals surface area contributed by atoms with Crippen LogP contribution in [0.2, 0.25) is 0 Å². The number of hydrogen-bond donors (Lipinski definition) is 0. The van der Waals surface area contributed by atoms with Crippen LogP contribution in [0.1, 0.15) is 23.0 Å². The average Bonchev–Trinajstić information content (AvgIpc) is 2.99. The van der Waals surface area contributed by atoms with E-state index in [1.54, 1.807) is 7.11 Å². The van der Waals surface area contributed by atoms with E-state index < -0.39 is 30.9 Å². The van der Waals surface area contributed by atoms with Crippen LogP contribution >= 0.6 is 0 Å². The summed E-state index contributed by atoms with van der Waals surface area (Å²) in [4.78, 5) is 0. The molecule has 6 nitrogen and oxygen atoms in total. The Morgan fingerprint density at radius 2 is 1.32 bits per heavy atom. The van der Waals surface area contributed by atoms with Crippen molar-refractivity contribution in [2.45, 2.75) is 50.2 Å². The monoisotopic (exact) mass is 512 g/mol. The number of ether oxygens (including phenoxy) is 6. The summed E-state index contributed by atoms with van der Waals surface area (Å²) in [7, 11) is 1.63. The Morgan fingerprint density at radius 3 is 2.00 bits per heavy atom. The van der Waals surface area contributed by atoms with Gasteiger partial charge in [-0.25, -0.2) is 0 Å². The van der Waals surface area contributed by atoms with Gasteiger partial charge in [0.2, 0.25) is 0 Å². The van der Waals surface area contributed by atoms with Crippen molar-refractivity contribution in [3.05, 3.63) is 120 Å². The third-order valence-corrected chi connectivity index (χ3v) is 7.13. The third kappa shape index (κ3) is 5.52. The zero-order valence-corrected chi connectivity index (χ0v) is 21.3. The molecule has 0 N–H and O–H groups in total. The molecule has 0 aliphatic carbocycles. The lowest BCUT2D eigenvalue weighted by Gasteiger charge is -2.48. The summed E-state index contributed by atoms with van der Waals surface area (Å²) in [5.41, 5.74) is 3.09. The molecular weight excluding hydrogens is 480 g/mol. The summed E-state index contributed by atoms with van der Waals surface area (Å²) in [6.07, 6.45) is -2.86. The molecule has 0 amide bonds. The van der Waals surface area contributed by atoms with Crippen LogP contribution in [0.4, 0.5) is 0 Å². The van der Waals surface area contributed by atoms with Gasteiger partial charge in [-0.05, 0) is 28.0 Å². The summed E-state index contributed by atoms with van der Waals surface area (Å²) < 4.78 is 37.8. The molecule has 0 radical (unpaired) electrons. The summed E-state index contributed by atoms with van der Waals surface area (Å²) in [6, 6.07) is 34.7. The number of fused-ring (bicyclic) bond motifs is 2. The normalized spacial score (nSPS) is 27.2. The molecule has 0 bridgehead atoms. The molecule has 2 saturated heterocycles. The highest BCUT2D eigenvalue weighted by atomic mass is 16.8. The molecule has 0 spiro atoms. The molecule has 6 heteroatoms. The standard InChI is InChI=1S/C32H32O6/c1-33-32-30(35-20-23-12-6-3-7-13-23)29(34-19-22-10-4-2-5-11-22)28-27(37-32)21-36-31(38-28)26-17-16-24-14-8-9-15-25(24)18-26/h2-18,27-32H,19-21H2,1H3/t27-,28+,29+,30-,31?,32+/m1/s1. The van der Waals surface area contributed by atoms with Crippen molar-refractivity contribution < 1.29 is 28.4 Å².